The summed E-state index contributed by atoms with van der Waals surface area (Å²) >= 11 is 0. The van der Waals surface area contributed by atoms with Crippen LogP contribution in [0.15, 0.2) is 4.52 Å². The van der Waals surface area contributed by atoms with Gasteiger partial charge in [-0.2, -0.15) is 4.98 Å². The van der Waals surface area contributed by atoms with Gasteiger partial charge in [-0.15, -0.1) is 0 Å². The molecule has 96 valence electrons. The van der Waals surface area contributed by atoms with Crippen molar-refractivity contribution in [2.45, 2.75) is 63.7 Å². The van der Waals surface area contributed by atoms with Crippen LogP contribution < -0.4 is 5.73 Å². The summed E-state index contributed by atoms with van der Waals surface area (Å²) in [6.07, 6.45) is 7.65. The summed E-state index contributed by atoms with van der Waals surface area (Å²) in [4.78, 5) is 4.56. The minimum atomic E-state index is -0.212. The summed E-state index contributed by atoms with van der Waals surface area (Å²) in [7, 11) is 0. The van der Waals surface area contributed by atoms with Gasteiger partial charge in [-0.1, -0.05) is 30.8 Å². The van der Waals surface area contributed by atoms with Gasteiger partial charge in [-0.3, -0.25) is 0 Å². The zero-order valence-corrected chi connectivity index (χ0v) is 10.9. The van der Waals surface area contributed by atoms with Crippen molar-refractivity contribution in [3.8, 4) is 0 Å². The molecular formula is C13H23N3O. The van der Waals surface area contributed by atoms with Crippen LogP contribution in [0.2, 0.25) is 0 Å². The molecule has 17 heavy (non-hydrogen) atoms. The van der Waals surface area contributed by atoms with Gasteiger partial charge in [0.1, 0.15) is 0 Å². The minimum absolute atomic E-state index is 0.212. The molecule has 2 N–H and O–H groups in total. The first kappa shape index (κ1) is 12.6. The van der Waals surface area contributed by atoms with Gasteiger partial charge in [-0.25, -0.2) is 0 Å². The van der Waals surface area contributed by atoms with E-state index in [0.29, 0.717) is 18.4 Å². The summed E-state index contributed by atoms with van der Waals surface area (Å²) in [5.41, 5.74) is 5.51. The third-order valence-corrected chi connectivity index (χ3v) is 3.75. The second-order valence-electron chi connectivity index (χ2n) is 5.73. The molecule has 1 aromatic rings. The summed E-state index contributed by atoms with van der Waals surface area (Å²) in [6.45, 7) is 4.61. The maximum atomic E-state index is 5.72. The molecule has 1 saturated carbocycles. The average molecular weight is 237 g/mol. The zero-order chi connectivity index (χ0) is 12.3. The molecule has 0 spiro atoms. The first-order valence-electron chi connectivity index (χ1n) is 6.67. The second-order valence-corrected chi connectivity index (χ2v) is 5.73. The van der Waals surface area contributed by atoms with Crippen LogP contribution in [-0.2, 0) is 5.41 Å². The van der Waals surface area contributed by atoms with Gasteiger partial charge in [0.2, 0.25) is 5.89 Å². The molecule has 2 rings (SSSR count). The number of rotatable bonds is 3. The monoisotopic (exact) mass is 237 g/mol. The molecule has 1 aromatic heterocycles. The predicted molar refractivity (Wildman–Crippen MR) is 66.8 cm³/mol. The lowest BCUT2D eigenvalue weighted by molar-refractivity contribution is 0.307. The van der Waals surface area contributed by atoms with Gasteiger partial charge in [0.15, 0.2) is 5.82 Å². The Morgan fingerprint density at radius 3 is 2.47 bits per heavy atom. The van der Waals surface area contributed by atoms with Crippen molar-refractivity contribution in [3.63, 3.8) is 0 Å². The maximum Gasteiger partial charge on any atom is 0.233 e. The topological polar surface area (TPSA) is 64.9 Å². The fourth-order valence-corrected chi connectivity index (χ4v) is 2.30. The van der Waals surface area contributed by atoms with Crippen molar-refractivity contribution in [1.29, 1.82) is 0 Å². The Morgan fingerprint density at radius 2 is 1.88 bits per heavy atom. The standard InChI is InChI=1S/C13H23N3O/c1-13(2,9-14)12-15-11(16-17-12)10-7-5-3-4-6-8-10/h10H,3-9,14H2,1-2H3. The normalized spacial score (nSPS) is 19.2. The van der Waals surface area contributed by atoms with Crippen LogP contribution in [0.1, 0.15) is 70.0 Å². The fraction of sp³-hybridized carbons (Fsp3) is 0.846. The largest absolute Gasteiger partial charge is 0.339 e. The number of nitrogens with zero attached hydrogens (tertiary/aromatic N) is 2. The highest BCUT2D eigenvalue weighted by Gasteiger charge is 2.28. The van der Waals surface area contributed by atoms with Crippen molar-refractivity contribution in [2.24, 2.45) is 5.73 Å². The van der Waals surface area contributed by atoms with Crippen LogP contribution in [0.4, 0.5) is 0 Å². The number of nitrogens with two attached hydrogens (primary N) is 1. The Morgan fingerprint density at radius 1 is 1.24 bits per heavy atom. The van der Waals surface area contributed by atoms with Crippen molar-refractivity contribution < 1.29 is 4.52 Å². The fourth-order valence-electron chi connectivity index (χ4n) is 2.30. The van der Waals surface area contributed by atoms with Crippen molar-refractivity contribution >= 4 is 0 Å². The van der Waals surface area contributed by atoms with Crippen LogP contribution in [0.5, 0.6) is 0 Å². The lowest BCUT2D eigenvalue weighted by Gasteiger charge is -2.16. The molecule has 4 nitrogen and oxygen atoms in total. The Kier molecular flexibility index (Phi) is 3.82. The van der Waals surface area contributed by atoms with Crippen LogP contribution in [0, 0.1) is 0 Å². The molecule has 4 heteroatoms. The molecule has 0 amide bonds. The van der Waals surface area contributed by atoms with E-state index in [1.807, 2.05) is 13.8 Å². The quantitative estimate of drug-likeness (QED) is 0.821. The first-order valence-corrected chi connectivity index (χ1v) is 6.67. The SMILES string of the molecule is CC(C)(CN)c1nc(C2CCCCCC2)no1. The van der Waals surface area contributed by atoms with Gasteiger partial charge in [0.05, 0.1) is 5.41 Å². The van der Waals surface area contributed by atoms with E-state index in [2.05, 4.69) is 10.1 Å². The van der Waals surface area contributed by atoms with E-state index in [4.69, 9.17) is 10.3 Å². The first-order chi connectivity index (χ1) is 8.13. The Balaban J connectivity index is 2.11. The highest BCUT2D eigenvalue weighted by Crippen LogP contribution is 2.31. The third kappa shape index (κ3) is 2.86. The Hall–Kier alpha value is -0.900. The van der Waals surface area contributed by atoms with Gasteiger partial charge in [0.25, 0.3) is 0 Å². The lowest BCUT2D eigenvalue weighted by atomic mass is 9.93. The summed E-state index contributed by atoms with van der Waals surface area (Å²) in [6, 6.07) is 0. The van der Waals surface area contributed by atoms with Crippen molar-refractivity contribution in [2.75, 3.05) is 6.54 Å². The Bertz CT molecular complexity index is 351. The predicted octanol–water partition coefficient (Wildman–Crippen LogP) is 2.74. The minimum Gasteiger partial charge on any atom is -0.339 e. The van der Waals surface area contributed by atoms with E-state index in [1.165, 1.54) is 38.5 Å². The van der Waals surface area contributed by atoms with Crippen LogP contribution in [0.25, 0.3) is 0 Å². The number of hydrogen-bond acceptors (Lipinski definition) is 4. The number of hydrogen-bond donors (Lipinski definition) is 1. The van der Waals surface area contributed by atoms with Gasteiger partial charge < -0.3 is 10.3 Å². The smallest absolute Gasteiger partial charge is 0.233 e. The maximum absolute atomic E-state index is 5.72. The van der Waals surface area contributed by atoms with E-state index in [1.54, 1.807) is 0 Å². The average Bonchev–Trinajstić information content (AvgIpc) is 2.67. The van der Waals surface area contributed by atoms with E-state index in [-0.39, 0.29) is 5.41 Å². The molecular weight excluding hydrogens is 214 g/mol. The molecule has 1 aliphatic carbocycles. The van der Waals surface area contributed by atoms with Gasteiger partial charge in [-0.05, 0) is 26.7 Å². The zero-order valence-electron chi connectivity index (χ0n) is 10.9. The molecule has 0 unspecified atom stereocenters. The van der Waals surface area contributed by atoms with E-state index in [0.717, 1.165) is 5.82 Å². The summed E-state index contributed by atoms with van der Waals surface area (Å²) in [5, 5.41) is 4.15. The molecule has 0 radical (unpaired) electrons. The van der Waals surface area contributed by atoms with Crippen LogP contribution in [0.3, 0.4) is 0 Å². The van der Waals surface area contributed by atoms with E-state index in [9.17, 15) is 0 Å². The van der Waals surface area contributed by atoms with E-state index < -0.39 is 0 Å². The van der Waals surface area contributed by atoms with Gasteiger partial charge in [0, 0.05) is 12.5 Å². The molecule has 0 atom stereocenters. The third-order valence-electron chi connectivity index (χ3n) is 3.75. The Labute approximate surface area is 103 Å². The summed E-state index contributed by atoms with van der Waals surface area (Å²) in [5.74, 6) is 2.06. The van der Waals surface area contributed by atoms with E-state index >= 15 is 0 Å². The lowest BCUT2D eigenvalue weighted by Crippen LogP contribution is -2.28. The summed E-state index contributed by atoms with van der Waals surface area (Å²) < 4.78 is 5.37. The molecule has 1 fully saturated rings. The van der Waals surface area contributed by atoms with Crippen LogP contribution >= 0.6 is 0 Å². The number of aromatic nitrogens is 2. The highest BCUT2D eigenvalue weighted by molar-refractivity contribution is 5.04. The highest BCUT2D eigenvalue weighted by atomic mass is 16.5. The van der Waals surface area contributed by atoms with Crippen molar-refractivity contribution in [3.05, 3.63) is 11.7 Å². The van der Waals surface area contributed by atoms with Crippen LogP contribution in [-0.4, -0.2) is 16.7 Å². The molecule has 0 aromatic carbocycles. The molecule has 1 aliphatic rings. The van der Waals surface area contributed by atoms with Gasteiger partial charge >= 0.3 is 0 Å². The second kappa shape index (κ2) is 5.17. The molecule has 0 aliphatic heterocycles. The molecule has 0 saturated heterocycles. The molecule has 0 bridgehead atoms. The van der Waals surface area contributed by atoms with Crippen molar-refractivity contribution in [1.82, 2.24) is 10.1 Å². The molecule has 1 heterocycles.